The van der Waals surface area contributed by atoms with Crippen molar-refractivity contribution in [1.29, 1.82) is 0 Å². The number of nitrogens with zero attached hydrogens (tertiary/aromatic N) is 5. The summed E-state index contributed by atoms with van der Waals surface area (Å²) in [5.74, 6) is -1.28. The number of rotatable bonds is 32. The zero-order valence-electron chi connectivity index (χ0n) is 41.2. The van der Waals surface area contributed by atoms with Crippen LogP contribution < -0.4 is 20.3 Å². The Morgan fingerprint density at radius 1 is 0.913 bits per heavy atom. The summed E-state index contributed by atoms with van der Waals surface area (Å²) in [6, 6.07) is 13.3. The van der Waals surface area contributed by atoms with E-state index in [-0.39, 0.29) is 25.3 Å². The van der Waals surface area contributed by atoms with Gasteiger partial charge in [-0.05, 0) is 98.3 Å². The number of amides is 3. The molecule has 0 aliphatic carbocycles. The highest BCUT2D eigenvalue weighted by molar-refractivity contribution is 5.99. The van der Waals surface area contributed by atoms with Gasteiger partial charge in [-0.2, -0.15) is 0 Å². The molecule has 1 aromatic heterocycles. The highest BCUT2D eigenvalue weighted by Crippen LogP contribution is 2.33. The Balaban J connectivity index is 1.59. The van der Waals surface area contributed by atoms with Crippen molar-refractivity contribution in [3.05, 3.63) is 107 Å². The first-order valence-electron chi connectivity index (χ1n) is 23.3. The SMILES string of the molecule is C=C(/C=C\C(=C/C)c1ccc(OCCOCCOCCOCCOCCN=[N+]=[N-])c2ccccc12)[C@H](CC(=O)O)NC(=O)[C@@H](NC(=O)CCCN(C(=O)OC(C)(C)C)c1cc(C)ccn1)[C@@H](C)CC. The van der Waals surface area contributed by atoms with Crippen LogP contribution in [-0.2, 0) is 38.1 Å². The van der Waals surface area contributed by atoms with Crippen LogP contribution in [0.3, 0.4) is 0 Å². The lowest BCUT2D eigenvalue weighted by Crippen LogP contribution is -2.53. The van der Waals surface area contributed by atoms with Crippen molar-refractivity contribution in [2.75, 3.05) is 77.5 Å². The van der Waals surface area contributed by atoms with Crippen molar-refractivity contribution < 1.29 is 52.7 Å². The number of nitrogens with one attached hydrogen (secondary N) is 2. The molecule has 0 spiro atoms. The summed E-state index contributed by atoms with van der Waals surface area (Å²) in [5, 5.41) is 20.8. The van der Waals surface area contributed by atoms with Gasteiger partial charge in [-0.15, -0.1) is 0 Å². The third kappa shape index (κ3) is 21.3. The van der Waals surface area contributed by atoms with E-state index in [9.17, 15) is 24.3 Å². The average molecular weight is 958 g/mol. The van der Waals surface area contributed by atoms with Crippen LogP contribution >= 0.6 is 0 Å². The number of allylic oxidation sites excluding steroid dienone is 3. The average Bonchev–Trinajstić information content (AvgIpc) is 3.31. The van der Waals surface area contributed by atoms with E-state index in [0.29, 0.717) is 89.6 Å². The molecule has 69 heavy (non-hydrogen) atoms. The van der Waals surface area contributed by atoms with Gasteiger partial charge in [0, 0.05) is 36.0 Å². The van der Waals surface area contributed by atoms with Crippen molar-refractivity contribution in [3.63, 3.8) is 0 Å². The lowest BCUT2D eigenvalue weighted by molar-refractivity contribution is -0.137. The number of hydrogen-bond donors (Lipinski definition) is 3. The Morgan fingerprint density at radius 2 is 1.55 bits per heavy atom. The molecule has 3 atom stereocenters. The van der Waals surface area contributed by atoms with Gasteiger partial charge in [0.25, 0.3) is 0 Å². The van der Waals surface area contributed by atoms with Gasteiger partial charge in [-0.25, -0.2) is 9.78 Å². The molecule has 3 rings (SSSR count). The highest BCUT2D eigenvalue weighted by atomic mass is 16.6. The van der Waals surface area contributed by atoms with Crippen LogP contribution in [0.15, 0.2) is 90.2 Å². The number of fused-ring (bicyclic) bond motifs is 1. The van der Waals surface area contributed by atoms with E-state index in [0.717, 1.165) is 27.5 Å². The van der Waals surface area contributed by atoms with Crippen molar-refractivity contribution >= 4 is 46.0 Å². The number of azide groups is 1. The number of carbonyl (C=O) groups is 4. The second-order valence-corrected chi connectivity index (χ2v) is 17.1. The Hall–Kier alpha value is -6.30. The van der Waals surface area contributed by atoms with Crippen molar-refractivity contribution in [2.45, 2.75) is 91.8 Å². The fourth-order valence-electron chi connectivity index (χ4n) is 6.77. The van der Waals surface area contributed by atoms with E-state index < -0.39 is 48.0 Å². The van der Waals surface area contributed by atoms with Crippen LogP contribution in [0.4, 0.5) is 10.6 Å². The predicted molar refractivity (Wildman–Crippen MR) is 266 cm³/mol. The molecule has 376 valence electrons. The van der Waals surface area contributed by atoms with Gasteiger partial charge < -0.3 is 44.2 Å². The molecule has 0 radical (unpaired) electrons. The number of carbonyl (C=O) groups excluding carboxylic acids is 3. The Kier molecular flexibility index (Phi) is 25.6. The summed E-state index contributed by atoms with van der Waals surface area (Å²) in [6.45, 7) is 20.9. The maximum Gasteiger partial charge on any atom is 0.416 e. The lowest BCUT2D eigenvalue weighted by atomic mass is 9.95. The monoisotopic (exact) mass is 958 g/mol. The number of carboxylic acids is 1. The molecular formula is C51H71N7O11. The Bertz CT molecular complexity index is 2240. The number of aromatic nitrogens is 1. The summed E-state index contributed by atoms with van der Waals surface area (Å²) in [6.07, 6.45) is 6.84. The second kappa shape index (κ2) is 31.0. The first kappa shape index (κ1) is 57.0. The molecule has 0 saturated carbocycles. The van der Waals surface area contributed by atoms with E-state index in [2.05, 4.69) is 32.2 Å². The zero-order chi connectivity index (χ0) is 50.6. The number of benzene rings is 2. The maximum atomic E-state index is 13.9. The molecule has 18 nitrogen and oxygen atoms in total. The van der Waals surface area contributed by atoms with Gasteiger partial charge in [0.1, 0.15) is 29.8 Å². The molecule has 0 saturated heterocycles. The molecule has 3 aromatic rings. The molecular weight excluding hydrogens is 887 g/mol. The van der Waals surface area contributed by atoms with Gasteiger partial charge in [-0.3, -0.25) is 19.3 Å². The van der Waals surface area contributed by atoms with E-state index in [4.69, 9.17) is 34.0 Å². The number of carboxylic acid groups (broad SMARTS) is 1. The van der Waals surface area contributed by atoms with Gasteiger partial charge in [0.2, 0.25) is 11.8 Å². The summed E-state index contributed by atoms with van der Waals surface area (Å²) < 4.78 is 33.7. The fraction of sp³-hybridized carbons (Fsp3) is 0.510. The highest BCUT2D eigenvalue weighted by Gasteiger charge is 2.30. The first-order chi connectivity index (χ1) is 33.1. The smallest absolute Gasteiger partial charge is 0.416 e. The fourth-order valence-corrected chi connectivity index (χ4v) is 6.77. The minimum Gasteiger partial charge on any atom is -0.491 e. The molecule has 0 aliphatic rings. The zero-order valence-corrected chi connectivity index (χ0v) is 41.2. The number of aliphatic carboxylic acids is 1. The van der Waals surface area contributed by atoms with Crippen LogP contribution in [0.25, 0.3) is 26.8 Å². The molecule has 0 fully saturated rings. The molecule has 0 bridgehead atoms. The van der Waals surface area contributed by atoms with Gasteiger partial charge in [0.05, 0.1) is 65.3 Å². The standard InChI is InChI=1S/C51H71N7O11/c1-9-37(4)48(56-46(59)16-13-24-58(50(63)69-51(6,7)8)45-34-36(3)21-22-53-45)49(62)55-43(35-47(60)61)38(5)17-18-39(10-2)40-19-20-44(42-15-12-11-14-41(40)42)68-33-32-67-31-30-66-29-28-65-27-26-64-25-23-54-57-52/h10-12,14-15,17-22,34,37,43,48H,5,9,13,16,23-33,35H2,1-4,6-8H3,(H,55,62)(H,56,59)(H,60,61)/b18-17-,39-10+/t37-,43-,48-/m0/s1. The number of pyridine rings is 1. The number of anilines is 1. The molecule has 1 heterocycles. The van der Waals surface area contributed by atoms with Gasteiger partial charge in [-0.1, -0.05) is 80.5 Å². The van der Waals surface area contributed by atoms with Gasteiger partial charge >= 0.3 is 12.1 Å². The van der Waals surface area contributed by atoms with Gasteiger partial charge in [0.15, 0.2) is 0 Å². The molecule has 2 aromatic carbocycles. The normalized spacial score (nSPS) is 13.0. The van der Waals surface area contributed by atoms with E-state index >= 15 is 0 Å². The minimum atomic E-state index is -1.13. The summed E-state index contributed by atoms with van der Waals surface area (Å²) >= 11 is 0. The quantitative estimate of drug-likeness (QED) is 0.0176. The predicted octanol–water partition coefficient (Wildman–Crippen LogP) is 8.53. The minimum absolute atomic E-state index is 0.00151. The third-order valence-electron chi connectivity index (χ3n) is 10.5. The van der Waals surface area contributed by atoms with Crippen molar-refractivity contribution in [1.82, 2.24) is 15.6 Å². The van der Waals surface area contributed by atoms with Crippen LogP contribution in [0.5, 0.6) is 5.75 Å². The Morgan fingerprint density at radius 3 is 2.14 bits per heavy atom. The molecule has 0 aliphatic heterocycles. The molecule has 18 heteroatoms. The number of ether oxygens (including phenoxy) is 6. The van der Waals surface area contributed by atoms with Crippen molar-refractivity contribution in [3.8, 4) is 5.75 Å². The maximum absolute atomic E-state index is 13.9. The summed E-state index contributed by atoms with van der Waals surface area (Å²) in [5.41, 5.74) is 10.5. The number of hydrogen-bond acceptors (Lipinski definition) is 12. The van der Waals surface area contributed by atoms with Crippen LogP contribution in [0.2, 0.25) is 0 Å². The van der Waals surface area contributed by atoms with Crippen LogP contribution in [0.1, 0.15) is 78.4 Å². The van der Waals surface area contributed by atoms with E-state index in [1.807, 2.05) is 82.3 Å². The van der Waals surface area contributed by atoms with E-state index in [1.165, 1.54) is 4.90 Å². The largest absolute Gasteiger partial charge is 0.491 e. The van der Waals surface area contributed by atoms with Crippen molar-refractivity contribution in [2.24, 2.45) is 11.0 Å². The molecule has 3 N–H and O–H groups in total. The topological polar surface area (TPSA) is 233 Å². The third-order valence-corrected chi connectivity index (χ3v) is 10.5. The Labute approximate surface area is 406 Å². The second-order valence-electron chi connectivity index (χ2n) is 17.1. The van der Waals surface area contributed by atoms with E-state index in [1.54, 1.807) is 39.1 Å². The molecule has 0 unspecified atom stereocenters. The van der Waals surface area contributed by atoms with Crippen LogP contribution in [-0.4, -0.2) is 124 Å². The summed E-state index contributed by atoms with van der Waals surface area (Å²) in [4.78, 5) is 60.9. The van der Waals surface area contributed by atoms with Crippen LogP contribution in [0, 0.1) is 12.8 Å². The lowest BCUT2D eigenvalue weighted by Gasteiger charge is -2.28. The first-order valence-corrected chi connectivity index (χ1v) is 23.3. The molecule has 3 amide bonds. The summed E-state index contributed by atoms with van der Waals surface area (Å²) in [7, 11) is 0. The number of aryl methyl sites for hydroxylation is 1.